The number of hydrogen-bond acceptors (Lipinski definition) is 6. The molecule has 6 nitrogen and oxygen atoms in total. The van der Waals surface area contributed by atoms with Gasteiger partial charge in [0.2, 0.25) is 5.91 Å². The van der Waals surface area contributed by atoms with Crippen molar-refractivity contribution < 1.29 is 18.4 Å². The molecule has 1 atom stereocenters. The number of carbonyl (C=O) groups excluding carboxylic acids is 1. The maximum atomic E-state index is 11.3. The van der Waals surface area contributed by atoms with E-state index in [2.05, 4.69) is 5.32 Å². The Morgan fingerprint density at radius 3 is 2.35 bits per heavy atom. The summed E-state index contributed by atoms with van der Waals surface area (Å²) < 4.78 is 15.6. The topological polar surface area (TPSA) is 82.8 Å². The zero-order valence-electron chi connectivity index (χ0n) is 11.7. The van der Waals surface area contributed by atoms with Crippen molar-refractivity contribution in [1.29, 1.82) is 0 Å². The molecule has 0 spiro atoms. The molecule has 0 fully saturated rings. The van der Waals surface area contributed by atoms with Gasteiger partial charge in [0.15, 0.2) is 0 Å². The van der Waals surface area contributed by atoms with E-state index in [1.54, 1.807) is 19.2 Å². The van der Waals surface area contributed by atoms with Crippen LogP contribution in [0, 0.1) is 0 Å². The molecule has 1 aromatic rings. The lowest BCUT2D eigenvalue weighted by Crippen LogP contribution is -2.40. The fraction of sp³-hybridized carbons (Fsp3) is 0.417. The first-order valence-electron chi connectivity index (χ1n) is 5.91. The van der Waals surface area contributed by atoms with Crippen LogP contribution >= 0.6 is 6.72 Å². The number of nitrogens with one attached hydrogen (secondary N) is 1. The Balaban J connectivity index is 2.70. The van der Waals surface area contributed by atoms with Gasteiger partial charge in [-0.2, -0.15) is 0 Å². The molecule has 1 amide bonds. The van der Waals surface area contributed by atoms with Crippen LogP contribution in [0.15, 0.2) is 24.3 Å². The van der Waals surface area contributed by atoms with E-state index >= 15 is 0 Å². The zero-order valence-corrected chi connectivity index (χ0v) is 13.4. The number of likely N-dealkylation sites (N-methyl/N-ethyl adjacent to an activating group) is 1. The van der Waals surface area contributed by atoms with Gasteiger partial charge in [-0.3, -0.25) is 4.79 Å². The second-order valence-corrected chi connectivity index (χ2v) is 7.12. The third kappa shape index (κ3) is 4.85. The number of carbonyl (C=O) groups is 1. The monoisotopic (exact) mass is 318 g/mol. The Labute approximate surface area is 123 Å². The lowest BCUT2D eigenvalue weighted by Gasteiger charge is -2.18. The SMILES string of the molecule is CNC(=O)[C@@H](N)Cc1ccc(OP(=S)(OC)OC)cc1. The first-order chi connectivity index (χ1) is 9.44. The van der Waals surface area contributed by atoms with E-state index in [9.17, 15) is 4.79 Å². The first kappa shape index (κ1) is 17.1. The van der Waals surface area contributed by atoms with Crippen LogP contribution in [0.25, 0.3) is 0 Å². The average Bonchev–Trinajstić information content (AvgIpc) is 2.48. The summed E-state index contributed by atoms with van der Waals surface area (Å²) in [7, 11) is 4.45. The van der Waals surface area contributed by atoms with Crippen LogP contribution in [0.1, 0.15) is 5.56 Å². The Kier molecular flexibility index (Phi) is 6.58. The van der Waals surface area contributed by atoms with Crippen molar-refractivity contribution in [2.24, 2.45) is 5.73 Å². The number of rotatable bonds is 7. The van der Waals surface area contributed by atoms with Crippen molar-refractivity contribution in [2.75, 3.05) is 21.3 Å². The fourth-order valence-electron chi connectivity index (χ4n) is 1.50. The molecule has 1 aromatic carbocycles. The summed E-state index contributed by atoms with van der Waals surface area (Å²) in [5, 5.41) is 2.51. The zero-order chi connectivity index (χ0) is 15.2. The second-order valence-electron chi connectivity index (χ2n) is 3.97. The van der Waals surface area contributed by atoms with E-state index in [1.165, 1.54) is 14.2 Å². The van der Waals surface area contributed by atoms with Crippen molar-refractivity contribution in [3.05, 3.63) is 29.8 Å². The summed E-state index contributed by atoms with van der Waals surface area (Å²) in [4.78, 5) is 11.3. The summed E-state index contributed by atoms with van der Waals surface area (Å²) in [5.74, 6) is 0.355. The van der Waals surface area contributed by atoms with Crippen LogP contribution in [0.3, 0.4) is 0 Å². The molecule has 3 N–H and O–H groups in total. The van der Waals surface area contributed by atoms with E-state index in [-0.39, 0.29) is 5.91 Å². The maximum Gasteiger partial charge on any atom is 0.380 e. The molecule has 0 radical (unpaired) electrons. The minimum Gasteiger partial charge on any atom is -0.424 e. The predicted molar refractivity (Wildman–Crippen MR) is 81.1 cm³/mol. The van der Waals surface area contributed by atoms with Gasteiger partial charge in [0.25, 0.3) is 0 Å². The highest BCUT2D eigenvalue weighted by Crippen LogP contribution is 2.48. The fourth-order valence-corrected chi connectivity index (χ4v) is 2.43. The summed E-state index contributed by atoms with van der Waals surface area (Å²) in [5.41, 5.74) is 6.68. The van der Waals surface area contributed by atoms with Gasteiger partial charge in [-0.25, -0.2) is 0 Å². The summed E-state index contributed by atoms with van der Waals surface area (Å²) in [6.45, 7) is -2.72. The predicted octanol–water partition coefficient (Wildman–Crippen LogP) is 1.20. The van der Waals surface area contributed by atoms with Gasteiger partial charge in [-0.05, 0) is 24.1 Å². The van der Waals surface area contributed by atoms with Crippen LogP contribution < -0.4 is 15.6 Å². The van der Waals surface area contributed by atoms with Gasteiger partial charge in [0.1, 0.15) is 5.75 Å². The highest BCUT2D eigenvalue weighted by molar-refractivity contribution is 8.07. The summed E-state index contributed by atoms with van der Waals surface area (Å²) >= 11 is 5.11. The van der Waals surface area contributed by atoms with Gasteiger partial charge in [0.05, 0.1) is 6.04 Å². The molecule has 0 unspecified atom stereocenters. The van der Waals surface area contributed by atoms with Crippen LogP contribution in [-0.2, 0) is 32.1 Å². The minimum atomic E-state index is -2.72. The van der Waals surface area contributed by atoms with Gasteiger partial charge in [-0.1, -0.05) is 12.1 Å². The molecule has 0 heterocycles. The number of hydrogen-bond donors (Lipinski definition) is 2. The standard InChI is InChI=1S/C12H19N2O4PS/c1-14-12(15)11(13)8-9-4-6-10(7-5-9)18-19(20,16-2)17-3/h4-7,11H,8,13H2,1-3H3,(H,14,15)/t11-/m0/s1. The molecule has 0 aliphatic rings. The molecule has 20 heavy (non-hydrogen) atoms. The van der Waals surface area contributed by atoms with Gasteiger partial charge < -0.3 is 24.6 Å². The number of benzene rings is 1. The maximum absolute atomic E-state index is 11.3. The molecule has 0 saturated heterocycles. The Morgan fingerprint density at radius 2 is 1.90 bits per heavy atom. The molecule has 0 aromatic heterocycles. The Hall–Kier alpha value is -0.980. The lowest BCUT2D eigenvalue weighted by atomic mass is 10.1. The van der Waals surface area contributed by atoms with E-state index in [1.807, 2.05) is 12.1 Å². The molecule has 8 heteroatoms. The third-order valence-corrected chi connectivity index (χ3v) is 5.07. The number of nitrogens with two attached hydrogens (primary N) is 1. The third-order valence-electron chi connectivity index (χ3n) is 2.63. The van der Waals surface area contributed by atoms with Gasteiger partial charge in [-0.15, -0.1) is 0 Å². The van der Waals surface area contributed by atoms with E-state index in [0.717, 1.165) is 5.56 Å². The van der Waals surface area contributed by atoms with E-state index in [0.29, 0.717) is 12.2 Å². The second kappa shape index (κ2) is 7.71. The van der Waals surface area contributed by atoms with Crippen LogP contribution in [0.4, 0.5) is 0 Å². The Morgan fingerprint density at radius 1 is 1.35 bits per heavy atom. The molecule has 0 saturated carbocycles. The highest BCUT2D eigenvalue weighted by atomic mass is 32.5. The highest BCUT2D eigenvalue weighted by Gasteiger charge is 2.18. The minimum absolute atomic E-state index is 0.195. The summed E-state index contributed by atoms with van der Waals surface area (Å²) in [6.07, 6.45) is 0.447. The Bertz CT molecular complexity index is 487. The van der Waals surface area contributed by atoms with Crippen molar-refractivity contribution in [1.82, 2.24) is 5.32 Å². The van der Waals surface area contributed by atoms with E-state index in [4.69, 9.17) is 31.1 Å². The molecule has 0 aliphatic heterocycles. The molecule has 0 aliphatic carbocycles. The van der Waals surface area contributed by atoms with Crippen LogP contribution in [0.5, 0.6) is 5.75 Å². The largest absolute Gasteiger partial charge is 0.424 e. The molecule has 0 bridgehead atoms. The molecular formula is C12H19N2O4PS. The average molecular weight is 318 g/mol. The van der Waals surface area contributed by atoms with Gasteiger partial charge in [0, 0.05) is 33.1 Å². The van der Waals surface area contributed by atoms with Gasteiger partial charge >= 0.3 is 6.72 Å². The molecular weight excluding hydrogens is 299 g/mol. The smallest absolute Gasteiger partial charge is 0.380 e. The quantitative estimate of drug-likeness (QED) is 0.735. The van der Waals surface area contributed by atoms with Crippen molar-refractivity contribution >= 4 is 24.4 Å². The van der Waals surface area contributed by atoms with Crippen LogP contribution in [0.2, 0.25) is 0 Å². The van der Waals surface area contributed by atoms with Crippen molar-refractivity contribution in [3.8, 4) is 5.75 Å². The number of amides is 1. The van der Waals surface area contributed by atoms with Crippen molar-refractivity contribution in [3.63, 3.8) is 0 Å². The summed E-state index contributed by atoms with van der Waals surface area (Å²) in [6, 6.07) is 6.55. The lowest BCUT2D eigenvalue weighted by molar-refractivity contribution is -0.121. The normalized spacial score (nSPS) is 12.8. The molecule has 1 rings (SSSR count). The van der Waals surface area contributed by atoms with E-state index < -0.39 is 12.8 Å². The first-order valence-corrected chi connectivity index (χ1v) is 8.47. The molecule has 112 valence electrons. The van der Waals surface area contributed by atoms with Crippen molar-refractivity contribution in [2.45, 2.75) is 12.5 Å². The van der Waals surface area contributed by atoms with Crippen LogP contribution in [-0.4, -0.2) is 33.2 Å².